The van der Waals surface area contributed by atoms with E-state index in [4.69, 9.17) is 0 Å². The van der Waals surface area contributed by atoms with E-state index in [0.29, 0.717) is 0 Å². The number of carbonyl (C=O) groups is 1. The molecule has 3 rings (SSSR count). The normalized spacial score (nSPS) is 14.4. The average molecular weight is 240 g/mol. The van der Waals surface area contributed by atoms with Crippen molar-refractivity contribution in [2.24, 2.45) is 0 Å². The first kappa shape index (κ1) is 11.1. The van der Waals surface area contributed by atoms with Crippen molar-refractivity contribution in [3.8, 4) is 0 Å². The van der Waals surface area contributed by atoms with Crippen molar-refractivity contribution in [2.75, 3.05) is 11.4 Å². The van der Waals surface area contributed by atoms with Gasteiger partial charge in [-0.3, -0.25) is 4.79 Å². The van der Waals surface area contributed by atoms with Crippen molar-refractivity contribution >= 4 is 11.5 Å². The maximum Gasteiger partial charge on any atom is 0.175 e. The number of H-pyrrole nitrogens is 1. The lowest BCUT2D eigenvalue weighted by Crippen LogP contribution is -2.29. The van der Waals surface area contributed by atoms with Gasteiger partial charge in [-0.2, -0.15) is 0 Å². The molecule has 0 atom stereocenters. The van der Waals surface area contributed by atoms with Gasteiger partial charge in [0.1, 0.15) is 0 Å². The first-order valence-corrected chi connectivity index (χ1v) is 6.26. The van der Waals surface area contributed by atoms with Gasteiger partial charge < -0.3 is 9.88 Å². The van der Waals surface area contributed by atoms with Crippen molar-refractivity contribution in [3.63, 3.8) is 0 Å². The van der Waals surface area contributed by atoms with E-state index < -0.39 is 0 Å². The zero-order chi connectivity index (χ0) is 12.5. The van der Waals surface area contributed by atoms with Crippen LogP contribution in [0.4, 0.5) is 5.69 Å². The summed E-state index contributed by atoms with van der Waals surface area (Å²) in [6.07, 6.45) is 0.970. The quantitative estimate of drug-likeness (QED) is 0.819. The summed E-state index contributed by atoms with van der Waals surface area (Å²) < 4.78 is 0. The number of Topliss-reactive ketones (excluding diaryl/α,β-unsaturated/α-hetero) is 1. The third-order valence-corrected chi connectivity index (χ3v) is 3.49. The third-order valence-electron chi connectivity index (χ3n) is 3.49. The lowest BCUT2D eigenvalue weighted by atomic mass is 10.1. The van der Waals surface area contributed by atoms with Gasteiger partial charge in [-0.15, -0.1) is 0 Å². The summed E-state index contributed by atoms with van der Waals surface area (Å²) in [5.41, 5.74) is 4.44. The highest BCUT2D eigenvalue weighted by atomic mass is 16.1. The molecule has 1 N–H and O–H groups in total. The minimum Gasteiger partial charge on any atom is -0.367 e. The Hall–Kier alpha value is -2.03. The number of nitrogens with one attached hydrogen (secondary N) is 1. The lowest BCUT2D eigenvalue weighted by Gasteiger charge is -2.28. The molecule has 3 heteroatoms. The van der Waals surface area contributed by atoms with Crippen LogP contribution in [-0.4, -0.2) is 17.3 Å². The van der Waals surface area contributed by atoms with Gasteiger partial charge in [-0.05, 0) is 23.8 Å². The number of hydrogen-bond donors (Lipinski definition) is 1. The number of hydrogen-bond acceptors (Lipinski definition) is 2. The minimum atomic E-state index is 0.107. The molecular formula is C15H16N2O. The highest BCUT2D eigenvalue weighted by Crippen LogP contribution is 2.24. The number of aromatic amines is 1. The standard InChI is InChI=1S/C15H16N2O/c1-11(18)15-9-12-10-17(8-7-14(12)16-15)13-5-3-2-4-6-13/h2-6,9,16H,7-8,10H2,1H3. The van der Waals surface area contributed by atoms with Crippen LogP contribution in [0.15, 0.2) is 36.4 Å². The predicted octanol–water partition coefficient (Wildman–Crippen LogP) is 2.78. The Balaban J connectivity index is 1.87. The summed E-state index contributed by atoms with van der Waals surface area (Å²) in [4.78, 5) is 16.9. The van der Waals surface area contributed by atoms with E-state index in [1.54, 1.807) is 6.92 Å². The second-order valence-corrected chi connectivity index (χ2v) is 4.75. The Kier molecular flexibility index (Phi) is 2.67. The van der Waals surface area contributed by atoms with Gasteiger partial charge in [0.15, 0.2) is 5.78 Å². The fourth-order valence-corrected chi connectivity index (χ4v) is 2.48. The SMILES string of the molecule is CC(=O)c1cc2c([nH]1)CCN(c1ccccc1)C2. The molecule has 0 saturated heterocycles. The molecule has 2 heterocycles. The van der Waals surface area contributed by atoms with Crippen molar-refractivity contribution in [1.82, 2.24) is 4.98 Å². The molecular weight excluding hydrogens is 224 g/mol. The molecule has 0 bridgehead atoms. The number of carbonyl (C=O) groups excluding carboxylic acids is 1. The van der Waals surface area contributed by atoms with Crippen molar-refractivity contribution < 1.29 is 4.79 Å². The molecule has 0 fully saturated rings. The molecule has 1 aromatic heterocycles. The fourth-order valence-electron chi connectivity index (χ4n) is 2.48. The zero-order valence-electron chi connectivity index (χ0n) is 10.4. The molecule has 92 valence electrons. The monoisotopic (exact) mass is 240 g/mol. The summed E-state index contributed by atoms with van der Waals surface area (Å²) in [5, 5.41) is 0. The molecule has 0 aliphatic carbocycles. The van der Waals surface area contributed by atoms with Gasteiger partial charge in [-0.1, -0.05) is 18.2 Å². The molecule has 1 aliphatic heterocycles. The van der Waals surface area contributed by atoms with E-state index in [9.17, 15) is 4.79 Å². The van der Waals surface area contributed by atoms with Crippen LogP contribution in [0.2, 0.25) is 0 Å². The van der Waals surface area contributed by atoms with Gasteiger partial charge in [0.25, 0.3) is 0 Å². The van der Waals surface area contributed by atoms with Crippen LogP contribution in [0.5, 0.6) is 0 Å². The van der Waals surface area contributed by atoms with E-state index >= 15 is 0 Å². The number of rotatable bonds is 2. The van der Waals surface area contributed by atoms with Gasteiger partial charge in [0, 0.05) is 37.8 Å². The lowest BCUT2D eigenvalue weighted by molar-refractivity contribution is 0.101. The molecule has 1 aliphatic rings. The summed E-state index contributed by atoms with van der Waals surface area (Å²) >= 11 is 0. The van der Waals surface area contributed by atoms with Crippen molar-refractivity contribution in [1.29, 1.82) is 0 Å². The second kappa shape index (κ2) is 4.33. The molecule has 0 spiro atoms. The number of nitrogens with zero attached hydrogens (tertiary/aromatic N) is 1. The number of para-hydroxylation sites is 1. The van der Waals surface area contributed by atoms with Gasteiger partial charge in [-0.25, -0.2) is 0 Å². The Morgan fingerprint density at radius 2 is 2.06 bits per heavy atom. The number of aromatic nitrogens is 1. The minimum absolute atomic E-state index is 0.107. The van der Waals surface area contributed by atoms with E-state index in [-0.39, 0.29) is 5.78 Å². The number of anilines is 1. The van der Waals surface area contributed by atoms with Crippen LogP contribution >= 0.6 is 0 Å². The largest absolute Gasteiger partial charge is 0.367 e. The summed E-state index contributed by atoms with van der Waals surface area (Å²) in [6.45, 7) is 3.48. The Bertz CT molecular complexity index is 571. The van der Waals surface area contributed by atoms with E-state index in [2.05, 4.69) is 34.1 Å². The van der Waals surface area contributed by atoms with E-state index in [1.165, 1.54) is 16.9 Å². The molecule has 1 aromatic carbocycles. The van der Waals surface area contributed by atoms with Crippen LogP contribution in [-0.2, 0) is 13.0 Å². The first-order chi connectivity index (χ1) is 8.74. The average Bonchev–Trinajstić information content (AvgIpc) is 2.82. The molecule has 0 unspecified atom stereocenters. The van der Waals surface area contributed by atoms with Crippen LogP contribution < -0.4 is 4.90 Å². The Morgan fingerprint density at radius 3 is 2.78 bits per heavy atom. The second-order valence-electron chi connectivity index (χ2n) is 4.75. The van der Waals surface area contributed by atoms with Gasteiger partial charge in [0.2, 0.25) is 0 Å². The Morgan fingerprint density at radius 1 is 1.28 bits per heavy atom. The molecule has 18 heavy (non-hydrogen) atoms. The Labute approximate surface area is 106 Å². The highest BCUT2D eigenvalue weighted by molar-refractivity contribution is 5.92. The van der Waals surface area contributed by atoms with Gasteiger partial charge in [0.05, 0.1) is 5.69 Å². The zero-order valence-corrected chi connectivity index (χ0v) is 10.4. The molecule has 3 nitrogen and oxygen atoms in total. The van der Waals surface area contributed by atoms with Crippen LogP contribution in [0.1, 0.15) is 28.7 Å². The number of ketones is 1. The summed E-state index contributed by atoms with van der Waals surface area (Å²) in [7, 11) is 0. The van der Waals surface area contributed by atoms with E-state index in [0.717, 1.165) is 25.2 Å². The smallest absolute Gasteiger partial charge is 0.175 e. The van der Waals surface area contributed by atoms with Gasteiger partial charge >= 0.3 is 0 Å². The maximum atomic E-state index is 11.4. The molecule has 0 amide bonds. The van der Waals surface area contributed by atoms with Crippen molar-refractivity contribution in [3.05, 3.63) is 53.3 Å². The molecule has 0 radical (unpaired) electrons. The predicted molar refractivity (Wildman–Crippen MR) is 72.0 cm³/mol. The van der Waals surface area contributed by atoms with Crippen LogP contribution in [0.25, 0.3) is 0 Å². The summed E-state index contributed by atoms with van der Waals surface area (Å²) in [5.74, 6) is 0.107. The maximum absolute atomic E-state index is 11.4. The topological polar surface area (TPSA) is 36.1 Å². The number of fused-ring (bicyclic) bond motifs is 1. The van der Waals surface area contributed by atoms with E-state index in [1.807, 2.05) is 12.1 Å². The third kappa shape index (κ3) is 1.92. The van der Waals surface area contributed by atoms with Crippen LogP contribution in [0.3, 0.4) is 0 Å². The fraction of sp³-hybridized carbons (Fsp3) is 0.267. The molecule has 2 aromatic rings. The van der Waals surface area contributed by atoms with Crippen molar-refractivity contribution in [2.45, 2.75) is 19.9 Å². The highest BCUT2D eigenvalue weighted by Gasteiger charge is 2.19. The van der Waals surface area contributed by atoms with Crippen LogP contribution in [0, 0.1) is 0 Å². The summed E-state index contributed by atoms with van der Waals surface area (Å²) in [6, 6.07) is 12.4. The first-order valence-electron chi connectivity index (χ1n) is 6.26. The number of benzene rings is 1. The molecule has 0 saturated carbocycles.